The molecule has 0 amide bonds. The van der Waals surface area contributed by atoms with Crippen molar-refractivity contribution in [1.82, 2.24) is 0 Å². The van der Waals surface area contributed by atoms with E-state index in [0.29, 0.717) is 5.92 Å². The molecule has 0 aromatic heterocycles. The van der Waals surface area contributed by atoms with E-state index < -0.39 is 0 Å². The molecule has 0 radical (unpaired) electrons. The number of hydrogen-bond acceptors (Lipinski definition) is 4. The minimum atomic E-state index is -0.367. The van der Waals surface area contributed by atoms with Crippen molar-refractivity contribution in [2.75, 3.05) is 14.2 Å². The maximum absolute atomic E-state index is 6.00. The first kappa shape index (κ1) is 14.3. The van der Waals surface area contributed by atoms with Crippen molar-refractivity contribution >= 4 is 7.12 Å². The summed E-state index contributed by atoms with van der Waals surface area (Å²) in [6, 6.07) is 0. The lowest BCUT2D eigenvalue weighted by Gasteiger charge is -2.45. The summed E-state index contributed by atoms with van der Waals surface area (Å²) < 4.78 is 22.8. The summed E-state index contributed by atoms with van der Waals surface area (Å²) >= 11 is 0. The fourth-order valence-electron chi connectivity index (χ4n) is 2.74. The Bertz CT molecular complexity index is 288. The van der Waals surface area contributed by atoms with Crippen LogP contribution in [-0.2, 0) is 18.8 Å². The predicted molar refractivity (Wildman–Crippen MR) is 70.4 cm³/mol. The van der Waals surface area contributed by atoms with Crippen molar-refractivity contribution in [3.63, 3.8) is 0 Å². The molecule has 1 heterocycles. The molecule has 0 aromatic rings. The Morgan fingerprint density at radius 3 is 1.83 bits per heavy atom. The van der Waals surface area contributed by atoms with Gasteiger partial charge in [0.1, 0.15) is 0 Å². The molecule has 0 N–H and O–H groups in total. The van der Waals surface area contributed by atoms with Crippen LogP contribution in [0, 0.1) is 5.92 Å². The molecule has 0 unspecified atom stereocenters. The Morgan fingerprint density at radius 2 is 1.44 bits per heavy atom. The van der Waals surface area contributed by atoms with Gasteiger partial charge in [0.2, 0.25) is 0 Å². The number of hydrogen-bond donors (Lipinski definition) is 0. The first-order chi connectivity index (χ1) is 8.24. The van der Waals surface area contributed by atoms with Crippen molar-refractivity contribution in [2.45, 2.75) is 63.8 Å². The lowest BCUT2D eigenvalue weighted by Crippen LogP contribution is -2.48. The minimum absolute atomic E-state index is 0.105. The van der Waals surface area contributed by atoms with Gasteiger partial charge in [-0.2, -0.15) is 0 Å². The molecular formula is C13H25BO4. The molecule has 1 aliphatic heterocycles. The van der Waals surface area contributed by atoms with Gasteiger partial charge in [-0.3, -0.25) is 0 Å². The standard InChI is InChI=1S/C13H25BO4/c1-11(2)12(3,4)18-14(17-11)9-10-7-13(8-10,15-5)16-6/h10H,7-9H2,1-6H3. The molecule has 2 rings (SSSR count). The van der Waals surface area contributed by atoms with Gasteiger partial charge in [0.05, 0.1) is 11.2 Å². The van der Waals surface area contributed by atoms with E-state index in [4.69, 9.17) is 18.8 Å². The van der Waals surface area contributed by atoms with Gasteiger partial charge < -0.3 is 18.8 Å². The zero-order chi connectivity index (χ0) is 13.6. The second-order valence-corrected chi connectivity index (χ2v) is 6.51. The molecule has 18 heavy (non-hydrogen) atoms. The van der Waals surface area contributed by atoms with Gasteiger partial charge in [-0.15, -0.1) is 0 Å². The molecule has 104 valence electrons. The highest BCUT2D eigenvalue weighted by atomic mass is 16.7. The summed E-state index contributed by atoms with van der Waals surface area (Å²) in [6.07, 6.45) is 2.76. The van der Waals surface area contributed by atoms with Crippen LogP contribution in [0.1, 0.15) is 40.5 Å². The van der Waals surface area contributed by atoms with E-state index in [1.54, 1.807) is 14.2 Å². The van der Waals surface area contributed by atoms with Crippen molar-refractivity contribution in [1.29, 1.82) is 0 Å². The topological polar surface area (TPSA) is 36.9 Å². The largest absolute Gasteiger partial charge is 0.458 e. The van der Waals surface area contributed by atoms with Gasteiger partial charge in [0.15, 0.2) is 5.79 Å². The summed E-state index contributed by atoms with van der Waals surface area (Å²) in [5.74, 6) is 0.188. The average molecular weight is 256 g/mol. The highest BCUT2D eigenvalue weighted by Gasteiger charge is 2.54. The summed E-state index contributed by atoms with van der Waals surface area (Å²) in [7, 11) is 3.30. The van der Waals surface area contributed by atoms with Crippen molar-refractivity contribution < 1.29 is 18.8 Å². The molecule has 0 spiro atoms. The molecule has 0 bridgehead atoms. The van der Waals surface area contributed by atoms with Crippen LogP contribution >= 0.6 is 0 Å². The van der Waals surface area contributed by atoms with E-state index in [0.717, 1.165) is 19.2 Å². The molecule has 4 nitrogen and oxygen atoms in total. The van der Waals surface area contributed by atoms with E-state index in [1.807, 2.05) is 0 Å². The Labute approximate surface area is 110 Å². The van der Waals surface area contributed by atoms with E-state index in [1.165, 1.54) is 0 Å². The number of methoxy groups -OCH3 is 2. The second kappa shape index (κ2) is 4.48. The smallest absolute Gasteiger partial charge is 0.403 e. The molecule has 2 fully saturated rings. The first-order valence-electron chi connectivity index (χ1n) is 6.69. The first-order valence-corrected chi connectivity index (χ1v) is 6.69. The Hall–Kier alpha value is -0.0951. The van der Waals surface area contributed by atoms with Crippen LogP contribution in [0.3, 0.4) is 0 Å². The summed E-state index contributed by atoms with van der Waals surface area (Å²) in [5, 5.41) is 0. The third kappa shape index (κ3) is 2.33. The van der Waals surface area contributed by atoms with Gasteiger partial charge in [-0.25, -0.2) is 0 Å². The van der Waals surface area contributed by atoms with Crippen LogP contribution in [0.5, 0.6) is 0 Å². The zero-order valence-electron chi connectivity index (χ0n) is 12.4. The number of ether oxygens (including phenoxy) is 2. The van der Waals surface area contributed by atoms with Gasteiger partial charge in [-0.1, -0.05) is 0 Å². The van der Waals surface area contributed by atoms with Crippen LogP contribution in [0.2, 0.25) is 6.32 Å². The highest BCUT2D eigenvalue weighted by molar-refractivity contribution is 6.45. The third-order valence-corrected chi connectivity index (χ3v) is 4.77. The fraction of sp³-hybridized carbons (Fsp3) is 1.00. The maximum atomic E-state index is 6.00. The Kier molecular flexibility index (Phi) is 3.56. The average Bonchev–Trinajstić information content (AvgIpc) is 2.41. The molecule has 0 atom stereocenters. The van der Waals surface area contributed by atoms with E-state index in [2.05, 4.69) is 27.7 Å². The quantitative estimate of drug-likeness (QED) is 0.572. The van der Waals surface area contributed by atoms with Crippen molar-refractivity contribution in [3.8, 4) is 0 Å². The molecule has 1 aliphatic carbocycles. The van der Waals surface area contributed by atoms with Crippen LogP contribution in [0.25, 0.3) is 0 Å². The van der Waals surface area contributed by atoms with E-state index in [9.17, 15) is 0 Å². The zero-order valence-corrected chi connectivity index (χ0v) is 12.4. The monoisotopic (exact) mass is 256 g/mol. The van der Waals surface area contributed by atoms with Crippen LogP contribution < -0.4 is 0 Å². The highest BCUT2D eigenvalue weighted by Crippen LogP contribution is 2.46. The van der Waals surface area contributed by atoms with Gasteiger partial charge in [0, 0.05) is 27.1 Å². The van der Waals surface area contributed by atoms with Gasteiger partial charge in [0.25, 0.3) is 0 Å². The number of rotatable bonds is 4. The maximum Gasteiger partial charge on any atom is 0.458 e. The predicted octanol–water partition coefficient (Wildman–Crippen LogP) is 2.48. The molecule has 2 aliphatic rings. The van der Waals surface area contributed by atoms with Crippen LogP contribution in [0.15, 0.2) is 0 Å². The van der Waals surface area contributed by atoms with Crippen molar-refractivity contribution in [3.05, 3.63) is 0 Å². The normalized spacial score (nSPS) is 29.3. The Balaban J connectivity index is 1.84. The molecule has 0 aromatic carbocycles. The van der Waals surface area contributed by atoms with Gasteiger partial charge in [-0.05, 0) is 39.9 Å². The molecule has 1 saturated carbocycles. The van der Waals surface area contributed by atoms with E-state index >= 15 is 0 Å². The van der Waals surface area contributed by atoms with Crippen LogP contribution in [0.4, 0.5) is 0 Å². The SMILES string of the molecule is COC1(OC)CC(CB2OC(C)(C)C(C)(C)O2)C1. The Morgan fingerprint density at radius 1 is 1.00 bits per heavy atom. The fourth-order valence-corrected chi connectivity index (χ4v) is 2.74. The molecule has 1 saturated heterocycles. The lowest BCUT2D eigenvalue weighted by molar-refractivity contribution is -0.267. The molecular weight excluding hydrogens is 231 g/mol. The lowest BCUT2D eigenvalue weighted by atomic mass is 9.66. The van der Waals surface area contributed by atoms with Gasteiger partial charge >= 0.3 is 7.12 Å². The minimum Gasteiger partial charge on any atom is -0.403 e. The summed E-state index contributed by atoms with van der Waals surface area (Å²) in [4.78, 5) is 0. The second-order valence-electron chi connectivity index (χ2n) is 6.51. The summed E-state index contributed by atoms with van der Waals surface area (Å²) in [6.45, 7) is 8.34. The van der Waals surface area contributed by atoms with Crippen LogP contribution in [-0.4, -0.2) is 38.3 Å². The van der Waals surface area contributed by atoms with E-state index in [-0.39, 0.29) is 24.1 Å². The van der Waals surface area contributed by atoms with Crippen molar-refractivity contribution in [2.24, 2.45) is 5.92 Å². The molecule has 5 heteroatoms. The third-order valence-electron chi connectivity index (χ3n) is 4.77. The summed E-state index contributed by atoms with van der Waals surface area (Å²) in [5.41, 5.74) is -0.470.